The van der Waals surface area contributed by atoms with E-state index in [0.717, 1.165) is 38.7 Å². The third kappa shape index (κ3) is 15.0. The van der Waals surface area contributed by atoms with Crippen LogP contribution in [0, 0.1) is 6.92 Å². The van der Waals surface area contributed by atoms with E-state index in [1.807, 2.05) is 0 Å². The van der Waals surface area contributed by atoms with E-state index in [0.29, 0.717) is 6.10 Å². The second kappa shape index (κ2) is 18.3. The van der Waals surface area contributed by atoms with Crippen molar-refractivity contribution in [1.82, 2.24) is 0 Å². The van der Waals surface area contributed by atoms with Crippen molar-refractivity contribution in [3.8, 4) is 0 Å². The lowest BCUT2D eigenvalue weighted by Crippen LogP contribution is -2.23. The summed E-state index contributed by atoms with van der Waals surface area (Å²) in [5, 5.41) is 11.3. The van der Waals surface area contributed by atoms with E-state index in [1.165, 1.54) is 96.3 Å². The maximum Gasteiger partial charge on any atom is 0.0932 e. The lowest BCUT2D eigenvalue weighted by molar-refractivity contribution is -0.0244. The molecule has 1 rings (SSSR count). The van der Waals surface area contributed by atoms with E-state index >= 15 is 0 Å². The van der Waals surface area contributed by atoms with E-state index in [9.17, 15) is 5.11 Å². The summed E-state index contributed by atoms with van der Waals surface area (Å²) in [7, 11) is 0. The van der Waals surface area contributed by atoms with Crippen LogP contribution in [0.25, 0.3) is 0 Å². The lowest BCUT2D eigenvalue weighted by atomic mass is 9.95. The first-order valence-electron chi connectivity index (χ1n) is 11.9. The molecule has 0 amide bonds. The zero-order chi connectivity index (χ0) is 18.7. The number of rotatable bonds is 18. The van der Waals surface area contributed by atoms with Crippen molar-refractivity contribution in [2.24, 2.45) is 0 Å². The molecule has 0 heterocycles. The molecule has 1 saturated carbocycles. The van der Waals surface area contributed by atoms with Gasteiger partial charge < -0.3 is 4.74 Å². The third-order valence-electron chi connectivity index (χ3n) is 5.87. The van der Waals surface area contributed by atoms with Gasteiger partial charge in [-0.05, 0) is 32.1 Å². The summed E-state index contributed by atoms with van der Waals surface area (Å²) in [5.41, 5.74) is 0. The van der Waals surface area contributed by atoms with Crippen molar-refractivity contribution in [2.75, 3.05) is 6.61 Å². The number of hydrogen-bond donors (Lipinski definition) is 0. The predicted octanol–water partition coefficient (Wildman–Crippen LogP) is 7.82. The molecule has 0 spiro atoms. The van der Waals surface area contributed by atoms with Crippen LogP contribution in [0.2, 0.25) is 0 Å². The standard InChI is InChI=1S/C24H46O2/c1-2-3-4-5-6-7-8-9-10-11-12-13-14-15-16-17-22-26-24-20-18-23(25)19-21-24/h23-24H,1-22H2. The molecule has 2 heteroatoms. The van der Waals surface area contributed by atoms with Gasteiger partial charge in [0.2, 0.25) is 0 Å². The van der Waals surface area contributed by atoms with E-state index in [1.54, 1.807) is 0 Å². The molecule has 2 nitrogen and oxygen atoms in total. The van der Waals surface area contributed by atoms with Gasteiger partial charge in [0.25, 0.3) is 0 Å². The van der Waals surface area contributed by atoms with Crippen molar-refractivity contribution in [3.05, 3.63) is 6.92 Å². The van der Waals surface area contributed by atoms with Crippen LogP contribution in [0.3, 0.4) is 0 Å². The van der Waals surface area contributed by atoms with Crippen LogP contribution in [0.4, 0.5) is 0 Å². The smallest absolute Gasteiger partial charge is 0.0932 e. The molecule has 26 heavy (non-hydrogen) atoms. The molecule has 0 N–H and O–H groups in total. The number of hydrogen-bond acceptors (Lipinski definition) is 1. The Morgan fingerprint density at radius 2 is 0.962 bits per heavy atom. The average molecular weight is 367 g/mol. The van der Waals surface area contributed by atoms with Crippen LogP contribution >= 0.6 is 0 Å². The monoisotopic (exact) mass is 366 g/mol. The lowest BCUT2D eigenvalue weighted by Gasteiger charge is -2.24. The Labute approximate surface area is 164 Å². The van der Waals surface area contributed by atoms with Gasteiger partial charge in [0, 0.05) is 6.61 Å². The highest BCUT2D eigenvalue weighted by Gasteiger charge is 2.20. The minimum Gasteiger partial charge on any atom is -0.378 e. The summed E-state index contributed by atoms with van der Waals surface area (Å²) < 4.78 is 5.91. The highest BCUT2D eigenvalue weighted by atomic mass is 16.5. The molecule has 0 aromatic carbocycles. The maximum atomic E-state index is 11.3. The van der Waals surface area contributed by atoms with Gasteiger partial charge in [-0.1, -0.05) is 103 Å². The van der Waals surface area contributed by atoms with Gasteiger partial charge in [-0.25, -0.2) is 5.11 Å². The van der Waals surface area contributed by atoms with E-state index in [2.05, 4.69) is 6.92 Å². The average Bonchev–Trinajstić information content (AvgIpc) is 2.66. The van der Waals surface area contributed by atoms with Crippen molar-refractivity contribution < 1.29 is 9.84 Å². The predicted molar refractivity (Wildman–Crippen MR) is 112 cm³/mol. The van der Waals surface area contributed by atoms with Crippen molar-refractivity contribution in [3.63, 3.8) is 0 Å². The quantitative estimate of drug-likeness (QED) is 0.227. The summed E-state index contributed by atoms with van der Waals surface area (Å²) in [6.45, 7) is 4.80. The van der Waals surface area contributed by atoms with Gasteiger partial charge >= 0.3 is 0 Å². The Bertz CT molecular complexity index is 271. The van der Waals surface area contributed by atoms with Gasteiger partial charge in [0.1, 0.15) is 0 Å². The largest absolute Gasteiger partial charge is 0.378 e. The zero-order valence-corrected chi connectivity index (χ0v) is 17.5. The van der Waals surface area contributed by atoms with Crippen LogP contribution in [0.5, 0.6) is 0 Å². The first-order chi connectivity index (χ1) is 12.8. The molecule has 0 aliphatic heterocycles. The molecular weight excluding hydrogens is 320 g/mol. The second-order valence-electron chi connectivity index (χ2n) is 8.43. The summed E-state index contributed by atoms with van der Waals surface area (Å²) in [6.07, 6.45) is 25.7. The second-order valence-corrected chi connectivity index (χ2v) is 8.43. The van der Waals surface area contributed by atoms with Crippen molar-refractivity contribution in [2.45, 2.75) is 141 Å². The van der Waals surface area contributed by atoms with E-state index < -0.39 is 0 Å². The van der Waals surface area contributed by atoms with Crippen LogP contribution in [-0.2, 0) is 9.84 Å². The fourth-order valence-electron chi connectivity index (χ4n) is 4.03. The fraction of sp³-hybridized carbons (Fsp3) is 0.958. The Balaban J connectivity index is 1.67. The summed E-state index contributed by atoms with van der Waals surface area (Å²) >= 11 is 0. The summed E-state index contributed by atoms with van der Waals surface area (Å²) in [5.74, 6) is 0. The Hall–Kier alpha value is -0.0800. The first-order valence-corrected chi connectivity index (χ1v) is 11.9. The molecule has 0 aromatic heterocycles. The molecule has 0 atom stereocenters. The molecule has 0 unspecified atom stereocenters. The highest BCUT2D eigenvalue weighted by molar-refractivity contribution is 4.71. The fourth-order valence-corrected chi connectivity index (χ4v) is 4.03. The van der Waals surface area contributed by atoms with Crippen LogP contribution < -0.4 is 0 Å². The summed E-state index contributed by atoms with van der Waals surface area (Å²) in [6, 6.07) is 0. The van der Waals surface area contributed by atoms with Gasteiger partial charge in [0.15, 0.2) is 0 Å². The number of unbranched alkanes of at least 4 members (excludes halogenated alkanes) is 15. The maximum absolute atomic E-state index is 11.3. The minimum atomic E-state index is -0.316. The molecule has 1 fully saturated rings. The van der Waals surface area contributed by atoms with E-state index in [-0.39, 0.29) is 6.10 Å². The van der Waals surface area contributed by atoms with Crippen molar-refractivity contribution in [1.29, 1.82) is 0 Å². The molecule has 0 saturated heterocycles. The van der Waals surface area contributed by atoms with Crippen molar-refractivity contribution >= 4 is 0 Å². The SMILES string of the molecule is [CH2]CCCCCCCCCCCCCCCCCOC1CCC([O])CC1. The zero-order valence-electron chi connectivity index (χ0n) is 17.5. The molecule has 0 aromatic rings. The minimum absolute atomic E-state index is 0.316. The Morgan fingerprint density at radius 3 is 1.38 bits per heavy atom. The van der Waals surface area contributed by atoms with Gasteiger partial charge in [-0.2, -0.15) is 0 Å². The Morgan fingerprint density at radius 1 is 0.577 bits per heavy atom. The van der Waals surface area contributed by atoms with Crippen LogP contribution in [0.15, 0.2) is 0 Å². The third-order valence-corrected chi connectivity index (χ3v) is 5.87. The summed E-state index contributed by atoms with van der Waals surface area (Å²) in [4.78, 5) is 0. The topological polar surface area (TPSA) is 29.1 Å². The molecule has 2 radical (unpaired) electrons. The molecular formula is C24H46O2. The number of ether oxygens (including phenoxy) is 1. The Kier molecular flexibility index (Phi) is 16.9. The van der Waals surface area contributed by atoms with Gasteiger partial charge in [0.05, 0.1) is 12.2 Å². The molecule has 0 bridgehead atoms. The van der Waals surface area contributed by atoms with E-state index in [4.69, 9.17) is 4.74 Å². The first kappa shape index (κ1) is 24.0. The van der Waals surface area contributed by atoms with Gasteiger partial charge in [-0.3, -0.25) is 0 Å². The highest BCUT2D eigenvalue weighted by Crippen LogP contribution is 2.21. The van der Waals surface area contributed by atoms with Crippen LogP contribution in [0.1, 0.15) is 128 Å². The normalized spacial score (nSPS) is 20.5. The van der Waals surface area contributed by atoms with Gasteiger partial charge in [-0.15, -0.1) is 0 Å². The molecule has 1 aliphatic carbocycles. The molecule has 154 valence electrons. The molecule has 1 aliphatic rings. The van der Waals surface area contributed by atoms with Crippen LogP contribution in [-0.4, -0.2) is 18.8 Å².